The summed E-state index contributed by atoms with van der Waals surface area (Å²) in [4.78, 5) is 21.7. The third kappa shape index (κ3) is 5.92. The van der Waals surface area contributed by atoms with E-state index in [1.165, 1.54) is 22.7 Å². The van der Waals surface area contributed by atoms with E-state index >= 15 is 0 Å². The maximum absolute atomic E-state index is 12.9. The van der Waals surface area contributed by atoms with Gasteiger partial charge in [-0.3, -0.25) is 0 Å². The monoisotopic (exact) mass is 467 g/mol. The molecule has 1 aliphatic rings. The highest BCUT2D eigenvalue weighted by Crippen LogP contribution is 2.26. The van der Waals surface area contributed by atoms with Gasteiger partial charge in [0.05, 0.1) is 14.2 Å². The number of urea groups is 1. The Labute approximate surface area is 198 Å². The van der Waals surface area contributed by atoms with E-state index in [9.17, 15) is 4.79 Å². The van der Waals surface area contributed by atoms with Crippen LogP contribution in [0.4, 0.5) is 15.6 Å². The van der Waals surface area contributed by atoms with Crippen molar-refractivity contribution in [3.8, 4) is 11.5 Å². The Balaban J connectivity index is 1.35. The van der Waals surface area contributed by atoms with Crippen molar-refractivity contribution in [2.45, 2.75) is 19.8 Å². The largest absolute Gasteiger partial charge is 0.497 e. The molecule has 0 aliphatic carbocycles. The van der Waals surface area contributed by atoms with E-state index in [0.29, 0.717) is 36.8 Å². The standard InChI is InChI=1S/C24H29N5O3S/c1-17-5-7-18(8-6-17)13-22-26-24(33-27-22)29-10-4-9-28(11-12-29)23(30)25-19-14-20(31-2)16-21(15-19)32-3/h5-8,14-16H,4,9-13H2,1-3H3,(H,25,30). The SMILES string of the molecule is COc1cc(NC(=O)N2CCCN(c3nc(Cc4ccc(C)cc4)ns3)CC2)cc(OC)c1. The number of carbonyl (C=O) groups is 1. The third-order valence-corrected chi connectivity index (χ3v) is 6.41. The number of nitrogens with one attached hydrogen (secondary N) is 1. The lowest BCUT2D eigenvalue weighted by molar-refractivity contribution is 0.215. The molecule has 2 aromatic carbocycles. The molecule has 0 bridgehead atoms. The van der Waals surface area contributed by atoms with Gasteiger partial charge in [0.25, 0.3) is 0 Å². The zero-order chi connectivity index (χ0) is 23.2. The molecule has 0 radical (unpaired) electrons. The summed E-state index contributed by atoms with van der Waals surface area (Å²) in [6.45, 7) is 4.93. The van der Waals surface area contributed by atoms with Crippen molar-refractivity contribution < 1.29 is 14.3 Å². The summed E-state index contributed by atoms with van der Waals surface area (Å²) in [7, 11) is 3.17. The number of aromatic nitrogens is 2. The average molecular weight is 468 g/mol. The van der Waals surface area contributed by atoms with Gasteiger partial charge in [0, 0.05) is 68.0 Å². The summed E-state index contributed by atoms with van der Waals surface area (Å²) >= 11 is 1.43. The van der Waals surface area contributed by atoms with E-state index in [4.69, 9.17) is 14.5 Å². The summed E-state index contributed by atoms with van der Waals surface area (Å²) in [6.07, 6.45) is 1.59. The first kappa shape index (κ1) is 22.8. The number of methoxy groups -OCH3 is 2. The smallest absolute Gasteiger partial charge is 0.321 e. The molecule has 9 heteroatoms. The van der Waals surface area contributed by atoms with Crippen LogP contribution in [-0.2, 0) is 6.42 Å². The van der Waals surface area contributed by atoms with Gasteiger partial charge in [0.1, 0.15) is 17.3 Å². The molecule has 8 nitrogen and oxygen atoms in total. The predicted octanol–water partition coefficient (Wildman–Crippen LogP) is 4.20. The topological polar surface area (TPSA) is 79.8 Å². The molecule has 3 aromatic rings. The van der Waals surface area contributed by atoms with Gasteiger partial charge >= 0.3 is 6.03 Å². The first-order chi connectivity index (χ1) is 16.0. The van der Waals surface area contributed by atoms with Crippen LogP contribution in [-0.4, -0.2) is 60.7 Å². The molecular formula is C24H29N5O3S. The number of hydrogen-bond acceptors (Lipinski definition) is 7. The van der Waals surface area contributed by atoms with Crippen molar-refractivity contribution >= 4 is 28.4 Å². The van der Waals surface area contributed by atoms with E-state index < -0.39 is 0 Å². The second kappa shape index (κ2) is 10.5. The van der Waals surface area contributed by atoms with Gasteiger partial charge in [-0.25, -0.2) is 9.78 Å². The van der Waals surface area contributed by atoms with Gasteiger partial charge in [-0.2, -0.15) is 4.37 Å². The summed E-state index contributed by atoms with van der Waals surface area (Å²) in [5, 5.41) is 3.88. The number of ether oxygens (including phenoxy) is 2. The first-order valence-electron chi connectivity index (χ1n) is 11.0. The van der Waals surface area contributed by atoms with Gasteiger partial charge in [-0.05, 0) is 18.9 Å². The first-order valence-corrected chi connectivity index (χ1v) is 11.7. The Morgan fingerprint density at radius 1 is 1.03 bits per heavy atom. The van der Waals surface area contributed by atoms with Crippen LogP contribution in [0.5, 0.6) is 11.5 Å². The van der Waals surface area contributed by atoms with Crippen molar-refractivity contribution in [3.63, 3.8) is 0 Å². The van der Waals surface area contributed by atoms with Crippen LogP contribution < -0.4 is 19.7 Å². The van der Waals surface area contributed by atoms with Crippen LogP contribution in [0.1, 0.15) is 23.4 Å². The minimum Gasteiger partial charge on any atom is -0.497 e. The maximum Gasteiger partial charge on any atom is 0.321 e. The number of amides is 2. The molecule has 0 unspecified atom stereocenters. The van der Waals surface area contributed by atoms with Crippen molar-refractivity contribution in [2.75, 3.05) is 50.6 Å². The zero-order valence-electron chi connectivity index (χ0n) is 19.2. The Morgan fingerprint density at radius 2 is 1.76 bits per heavy atom. The summed E-state index contributed by atoms with van der Waals surface area (Å²) in [5.41, 5.74) is 3.09. The number of anilines is 2. The number of rotatable bonds is 6. The van der Waals surface area contributed by atoms with Gasteiger partial charge in [0.2, 0.25) is 5.13 Å². The molecule has 0 atom stereocenters. The molecule has 4 rings (SSSR count). The van der Waals surface area contributed by atoms with E-state index in [2.05, 4.69) is 45.8 Å². The molecule has 1 aromatic heterocycles. The average Bonchev–Trinajstić information content (AvgIpc) is 3.14. The molecule has 1 N–H and O–H groups in total. The van der Waals surface area contributed by atoms with Crippen molar-refractivity contribution in [2.24, 2.45) is 0 Å². The fraction of sp³-hybridized carbons (Fsp3) is 0.375. The molecule has 1 aliphatic heterocycles. The molecule has 174 valence electrons. The van der Waals surface area contributed by atoms with E-state index in [1.807, 2.05) is 4.90 Å². The highest BCUT2D eigenvalue weighted by atomic mass is 32.1. The van der Waals surface area contributed by atoms with Gasteiger partial charge < -0.3 is 24.6 Å². The zero-order valence-corrected chi connectivity index (χ0v) is 20.0. The minimum absolute atomic E-state index is 0.135. The Kier molecular flexibility index (Phi) is 7.29. The summed E-state index contributed by atoms with van der Waals surface area (Å²) < 4.78 is 15.1. The van der Waals surface area contributed by atoms with E-state index in [1.54, 1.807) is 32.4 Å². The second-order valence-corrected chi connectivity index (χ2v) is 8.74. The molecular weight excluding hydrogens is 438 g/mol. The van der Waals surface area contributed by atoms with E-state index in [0.717, 1.165) is 30.3 Å². The van der Waals surface area contributed by atoms with E-state index in [-0.39, 0.29) is 6.03 Å². The molecule has 1 fully saturated rings. The van der Waals surface area contributed by atoms with Gasteiger partial charge in [0.15, 0.2) is 0 Å². The number of nitrogens with zero attached hydrogens (tertiary/aromatic N) is 4. The van der Waals surface area contributed by atoms with Crippen molar-refractivity contribution in [1.82, 2.24) is 14.3 Å². The molecule has 1 saturated heterocycles. The number of benzene rings is 2. The minimum atomic E-state index is -0.135. The van der Waals surface area contributed by atoms with Crippen LogP contribution in [0.15, 0.2) is 42.5 Å². The van der Waals surface area contributed by atoms with Crippen LogP contribution in [0.2, 0.25) is 0 Å². The quantitative estimate of drug-likeness (QED) is 0.585. The summed E-state index contributed by atoms with van der Waals surface area (Å²) in [6, 6.07) is 13.7. The van der Waals surface area contributed by atoms with Gasteiger partial charge in [-0.15, -0.1) is 0 Å². The maximum atomic E-state index is 12.9. The Hall–Kier alpha value is -3.33. The van der Waals surface area contributed by atoms with Crippen LogP contribution >= 0.6 is 11.5 Å². The predicted molar refractivity (Wildman–Crippen MR) is 131 cm³/mol. The lowest BCUT2D eigenvalue weighted by Gasteiger charge is -2.22. The molecule has 0 saturated carbocycles. The van der Waals surface area contributed by atoms with Crippen LogP contribution in [0, 0.1) is 6.92 Å². The normalized spacial score (nSPS) is 14.0. The fourth-order valence-corrected chi connectivity index (χ4v) is 4.46. The highest BCUT2D eigenvalue weighted by Gasteiger charge is 2.22. The highest BCUT2D eigenvalue weighted by molar-refractivity contribution is 7.09. The number of hydrogen-bond donors (Lipinski definition) is 1. The number of aryl methyl sites for hydroxylation is 1. The second-order valence-electron chi connectivity index (χ2n) is 8.01. The molecule has 2 amide bonds. The van der Waals surface area contributed by atoms with Gasteiger partial charge in [-0.1, -0.05) is 29.8 Å². The molecule has 2 heterocycles. The third-order valence-electron chi connectivity index (χ3n) is 5.60. The lowest BCUT2D eigenvalue weighted by atomic mass is 10.1. The Morgan fingerprint density at radius 3 is 2.45 bits per heavy atom. The number of carbonyl (C=O) groups excluding carboxylic acids is 1. The molecule has 33 heavy (non-hydrogen) atoms. The Bertz CT molecular complexity index is 1060. The molecule has 0 spiro atoms. The van der Waals surface area contributed by atoms with Crippen LogP contribution in [0.25, 0.3) is 0 Å². The van der Waals surface area contributed by atoms with Crippen LogP contribution in [0.3, 0.4) is 0 Å². The summed E-state index contributed by atoms with van der Waals surface area (Å²) in [5.74, 6) is 2.10. The van der Waals surface area contributed by atoms with Crippen molar-refractivity contribution in [1.29, 1.82) is 0 Å². The fourth-order valence-electron chi connectivity index (χ4n) is 3.73. The van der Waals surface area contributed by atoms with Crippen molar-refractivity contribution in [3.05, 3.63) is 59.4 Å². The lowest BCUT2D eigenvalue weighted by Crippen LogP contribution is -2.38.